The standard InChI is InChI=1S/C18H15Cl3N2O2S2/c19-12-2-4-13(5-3-12)23-17-10-27(24,25)9-16(17)22-18(23)26-8-11-1-6-14(20)15(21)7-11/h1-7,16-17H,8-10H2/t16-,17+/m1/s1. The van der Waals surface area contributed by atoms with Gasteiger partial charge in [-0.15, -0.1) is 0 Å². The van der Waals surface area contributed by atoms with Crippen LogP contribution >= 0.6 is 46.6 Å². The maximum atomic E-state index is 12.1. The third-order valence-electron chi connectivity index (χ3n) is 4.56. The predicted octanol–water partition coefficient (Wildman–Crippen LogP) is 4.92. The summed E-state index contributed by atoms with van der Waals surface area (Å²) in [5.74, 6) is 0.866. The zero-order chi connectivity index (χ0) is 19.2. The van der Waals surface area contributed by atoms with Crippen LogP contribution in [0.3, 0.4) is 0 Å². The van der Waals surface area contributed by atoms with Gasteiger partial charge in [-0.25, -0.2) is 8.42 Å². The molecule has 2 aliphatic rings. The Morgan fingerprint density at radius 2 is 1.78 bits per heavy atom. The Morgan fingerprint density at radius 1 is 1.04 bits per heavy atom. The topological polar surface area (TPSA) is 49.7 Å². The maximum Gasteiger partial charge on any atom is 0.164 e. The number of anilines is 1. The lowest BCUT2D eigenvalue weighted by molar-refractivity contribution is 0.601. The van der Waals surface area contributed by atoms with Crippen molar-refractivity contribution in [3.05, 3.63) is 63.1 Å². The zero-order valence-corrected chi connectivity index (χ0v) is 17.9. The highest BCUT2D eigenvalue weighted by atomic mass is 35.5. The van der Waals surface area contributed by atoms with Crippen LogP contribution in [-0.4, -0.2) is 37.2 Å². The number of sulfone groups is 1. The van der Waals surface area contributed by atoms with Crippen LogP contribution in [0.15, 0.2) is 47.5 Å². The zero-order valence-electron chi connectivity index (χ0n) is 14.0. The molecule has 142 valence electrons. The lowest BCUT2D eigenvalue weighted by Crippen LogP contribution is -2.39. The molecular formula is C18H15Cl3N2O2S2. The van der Waals surface area contributed by atoms with Crippen molar-refractivity contribution in [2.24, 2.45) is 4.99 Å². The van der Waals surface area contributed by atoms with Gasteiger partial charge in [0.05, 0.1) is 33.6 Å². The number of fused-ring (bicyclic) bond motifs is 1. The van der Waals surface area contributed by atoms with Crippen LogP contribution < -0.4 is 4.90 Å². The van der Waals surface area contributed by atoms with Gasteiger partial charge in [0.2, 0.25) is 0 Å². The number of amidine groups is 1. The first-order chi connectivity index (χ1) is 12.8. The molecule has 4 nitrogen and oxygen atoms in total. The number of hydrogen-bond acceptors (Lipinski definition) is 5. The second kappa shape index (κ2) is 7.48. The average molecular weight is 462 g/mol. The van der Waals surface area contributed by atoms with Gasteiger partial charge in [-0.2, -0.15) is 0 Å². The Morgan fingerprint density at radius 3 is 2.48 bits per heavy atom. The highest BCUT2D eigenvalue weighted by molar-refractivity contribution is 8.13. The van der Waals surface area contributed by atoms with Gasteiger partial charge in [0, 0.05) is 16.5 Å². The summed E-state index contributed by atoms with van der Waals surface area (Å²) >= 11 is 19.6. The van der Waals surface area contributed by atoms with E-state index in [1.54, 1.807) is 30.0 Å². The first-order valence-corrected chi connectivity index (χ1v) is 12.2. The summed E-state index contributed by atoms with van der Waals surface area (Å²) in [5.41, 5.74) is 1.92. The van der Waals surface area contributed by atoms with E-state index >= 15 is 0 Å². The van der Waals surface area contributed by atoms with Crippen LogP contribution in [0.25, 0.3) is 0 Å². The number of aliphatic imine (C=N–C) groups is 1. The third-order valence-corrected chi connectivity index (χ3v) is 8.29. The molecule has 9 heteroatoms. The summed E-state index contributed by atoms with van der Waals surface area (Å²) in [6.45, 7) is 0. The molecule has 0 spiro atoms. The second-order valence-electron chi connectivity index (χ2n) is 6.51. The van der Waals surface area contributed by atoms with Gasteiger partial charge in [-0.1, -0.05) is 52.6 Å². The summed E-state index contributed by atoms with van der Waals surface area (Å²) in [5, 5.41) is 2.48. The normalized spacial score (nSPS) is 23.4. The van der Waals surface area contributed by atoms with Gasteiger partial charge in [-0.05, 0) is 42.0 Å². The molecule has 0 N–H and O–H groups in total. The van der Waals surface area contributed by atoms with Crippen molar-refractivity contribution in [3.63, 3.8) is 0 Å². The van der Waals surface area contributed by atoms with E-state index in [0.29, 0.717) is 20.8 Å². The molecule has 4 rings (SSSR count). The molecule has 0 aliphatic carbocycles. The summed E-state index contributed by atoms with van der Waals surface area (Å²) in [4.78, 5) is 6.74. The predicted molar refractivity (Wildman–Crippen MR) is 115 cm³/mol. The van der Waals surface area contributed by atoms with Crippen LogP contribution in [0.2, 0.25) is 15.1 Å². The molecule has 0 amide bonds. The molecule has 0 bridgehead atoms. The average Bonchev–Trinajstić information content (AvgIpc) is 3.08. The molecular weight excluding hydrogens is 447 g/mol. The Labute approximate surface area is 177 Å². The van der Waals surface area contributed by atoms with Crippen LogP contribution in [-0.2, 0) is 15.6 Å². The quantitative estimate of drug-likeness (QED) is 0.651. The van der Waals surface area contributed by atoms with Gasteiger partial charge < -0.3 is 4.90 Å². The largest absolute Gasteiger partial charge is 0.315 e. The van der Waals surface area contributed by atoms with Gasteiger partial charge in [-0.3, -0.25) is 4.99 Å². The summed E-state index contributed by atoms with van der Waals surface area (Å²) in [7, 11) is -3.07. The van der Waals surface area contributed by atoms with Crippen molar-refractivity contribution in [3.8, 4) is 0 Å². The highest BCUT2D eigenvalue weighted by Crippen LogP contribution is 2.36. The first-order valence-electron chi connectivity index (χ1n) is 8.22. The van der Waals surface area contributed by atoms with Gasteiger partial charge >= 0.3 is 0 Å². The number of nitrogens with zero attached hydrogens (tertiary/aromatic N) is 2. The van der Waals surface area contributed by atoms with E-state index in [0.717, 1.165) is 16.4 Å². The molecule has 27 heavy (non-hydrogen) atoms. The van der Waals surface area contributed by atoms with E-state index in [2.05, 4.69) is 0 Å². The molecule has 1 fully saturated rings. The Bertz CT molecular complexity index is 1010. The summed E-state index contributed by atoms with van der Waals surface area (Å²) < 4.78 is 24.2. The molecule has 0 radical (unpaired) electrons. The summed E-state index contributed by atoms with van der Waals surface area (Å²) in [6, 6.07) is 12.5. The number of thioether (sulfide) groups is 1. The minimum atomic E-state index is -3.07. The fraction of sp³-hybridized carbons (Fsp3) is 0.278. The molecule has 0 aromatic heterocycles. The minimum absolute atomic E-state index is 0.0958. The van der Waals surface area contributed by atoms with Gasteiger partial charge in [0.1, 0.15) is 0 Å². The van der Waals surface area contributed by atoms with E-state index in [1.807, 2.05) is 29.2 Å². The van der Waals surface area contributed by atoms with Crippen LogP contribution in [0.1, 0.15) is 5.56 Å². The number of hydrogen-bond donors (Lipinski definition) is 0. The van der Waals surface area contributed by atoms with E-state index in [9.17, 15) is 8.42 Å². The van der Waals surface area contributed by atoms with Gasteiger partial charge in [0.15, 0.2) is 15.0 Å². The van der Waals surface area contributed by atoms with E-state index in [1.165, 1.54) is 0 Å². The second-order valence-corrected chi connectivity index (χ2v) is 10.9. The highest BCUT2D eigenvalue weighted by Gasteiger charge is 2.47. The Kier molecular flexibility index (Phi) is 5.38. The lowest BCUT2D eigenvalue weighted by atomic mass is 10.1. The lowest BCUT2D eigenvalue weighted by Gasteiger charge is -2.26. The Balaban J connectivity index is 1.60. The fourth-order valence-corrected chi connectivity index (χ4v) is 6.67. The Hall–Kier alpha value is -0.920. The van der Waals surface area contributed by atoms with E-state index < -0.39 is 9.84 Å². The third kappa shape index (κ3) is 4.10. The van der Waals surface area contributed by atoms with Crippen molar-refractivity contribution < 1.29 is 8.42 Å². The fourth-order valence-electron chi connectivity index (χ4n) is 3.31. The minimum Gasteiger partial charge on any atom is -0.315 e. The maximum absolute atomic E-state index is 12.1. The van der Waals surface area contributed by atoms with Crippen LogP contribution in [0.4, 0.5) is 5.69 Å². The van der Waals surface area contributed by atoms with Crippen LogP contribution in [0, 0.1) is 0 Å². The molecule has 2 atom stereocenters. The molecule has 0 unspecified atom stereocenters. The molecule has 2 heterocycles. The molecule has 2 aromatic carbocycles. The van der Waals surface area contributed by atoms with E-state index in [-0.39, 0.29) is 23.6 Å². The van der Waals surface area contributed by atoms with Crippen molar-refractivity contribution in [1.82, 2.24) is 0 Å². The molecule has 2 aromatic rings. The van der Waals surface area contributed by atoms with Crippen molar-refractivity contribution in [2.45, 2.75) is 17.8 Å². The number of halogens is 3. The monoisotopic (exact) mass is 460 g/mol. The molecule has 0 saturated carbocycles. The molecule has 2 aliphatic heterocycles. The van der Waals surface area contributed by atoms with E-state index in [4.69, 9.17) is 39.8 Å². The molecule has 1 saturated heterocycles. The number of benzene rings is 2. The van der Waals surface area contributed by atoms with Gasteiger partial charge in [0.25, 0.3) is 0 Å². The SMILES string of the molecule is O=S1(=O)C[C@H]2N=C(SCc3ccc(Cl)c(Cl)c3)N(c3ccc(Cl)cc3)[C@H]2C1. The van der Waals surface area contributed by atoms with Crippen LogP contribution in [0.5, 0.6) is 0 Å². The van der Waals surface area contributed by atoms with Crippen molar-refractivity contribution in [2.75, 3.05) is 16.4 Å². The van der Waals surface area contributed by atoms with Crippen molar-refractivity contribution >= 4 is 67.3 Å². The number of rotatable bonds is 3. The van der Waals surface area contributed by atoms with Crippen molar-refractivity contribution in [1.29, 1.82) is 0 Å². The summed E-state index contributed by atoms with van der Waals surface area (Å²) in [6.07, 6.45) is 0. The smallest absolute Gasteiger partial charge is 0.164 e. The first kappa shape index (κ1) is 19.4.